The van der Waals surface area contributed by atoms with Crippen molar-refractivity contribution in [2.45, 2.75) is 44.0 Å². The largest absolute Gasteiger partial charge is 0.497 e. The molecular weight excluding hydrogens is 464 g/mol. The van der Waals surface area contributed by atoms with E-state index >= 15 is 0 Å². The number of nitrogens with zero attached hydrogens (tertiary/aromatic N) is 3. The molecule has 0 bridgehead atoms. The molecule has 0 aliphatic carbocycles. The molecule has 0 saturated heterocycles. The SMILES string of the molecule is CCCCCN1C(=S)NC(c2cccc(OC)c2)C(c2nc(-c3ccc(SC)cc3)no2)=C1C. The molecule has 1 aliphatic rings. The zero-order valence-electron chi connectivity index (χ0n) is 20.0. The van der Waals surface area contributed by atoms with E-state index in [1.54, 1.807) is 18.9 Å². The van der Waals surface area contributed by atoms with Crippen LogP contribution < -0.4 is 10.1 Å². The van der Waals surface area contributed by atoms with Crippen LogP contribution >= 0.6 is 24.0 Å². The van der Waals surface area contributed by atoms with Crippen molar-refractivity contribution in [1.82, 2.24) is 20.4 Å². The number of hydrogen-bond donors (Lipinski definition) is 1. The van der Waals surface area contributed by atoms with Crippen molar-refractivity contribution in [3.63, 3.8) is 0 Å². The summed E-state index contributed by atoms with van der Waals surface area (Å²) in [7, 11) is 1.67. The van der Waals surface area contributed by atoms with Crippen LogP contribution in [0.15, 0.2) is 63.6 Å². The Bertz CT molecular complexity index is 1170. The Balaban J connectivity index is 1.76. The van der Waals surface area contributed by atoms with Gasteiger partial charge >= 0.3 is 0 Å². The predicted molar refractivity (Wildman–Crippen MR) is 142 cm³/mol. The Morgan fingerprint density at radius 3 is 2.68 bits per heavy atom. The zero-order chi connectivity index (χ0) is 24.1. The molecule has 1 unspecified atom stereocenters. The summed E-state index contributed by atoms with van der Waals surface area (Å²) in [6, 6.07) is 15.9. The van der Waals surface area contributed by atoms with Gasteiger partial charge in [0.1, 0.15) is 5.75 Å². The van der Waals surface area contributed by atoms with Gasteiger partial charge in [0.15, 0.2) is 5.11 Å². The standard InChI is InChI=1S/C26H30N4O2S2/c1-5-6-7-15-30-17(2)22(23(27-26(30)33)19-9-8-10-20(16-19)31-3)25-28-24(29-32-25)18-11-13-21(34-4)14-12-18/h8-14,16,23H,5-7,15H2,1-4H3,(H,27,33). The molecule has 34 heavy (non-hydrogen) atoms. The first-order valence-corrected chi connectivity index (χ1v) is 13.1. The number of rotatable bonds is 9. The molecule has 1 aliphatic heterocycles. The molecule has 178 valence electrons. The van der Waals surface area contributed by atoms with Crippen LogP contribution in [0.25, 0.3) is 17.0 Å². The molecule has 1 aromatic heterocycles. The van der Waals surface area contributed by atoms with Gasteiger partial charge in [0.25, 0.3) is 5.89 Å². The number of allylic oxidation sites excluding steroid dienone is 1. The van der Waals surface area contributed by atoms with Gasteiger partial charge in [0.2, 0.25) is 5.82 Å². The van der Waals surface area contributed by atoms with Crippen LogP contribution in [-0.2, 0) is 0 Å². The summed E-state index contributed by atoms with van der Waals surface area (Å²) in [5.41, 5.74) is 3.90. The summed E-state index contributed by atoms with van der Waals surface area (Å²) in [5.74, 6) is 1.84. The number of unbranched alkanes of at least 4 members (excludes halogenated alkanes) is 2. The average molecular weight is 495 g/mol. The van der Waals surface area contributed by atoms with Crippen molar-refractivity contribution >= 4 is 34.7 Å². The van der Waals surface area contributed by atoms with Gasteiger partial charge in [-0.1, -0.05) is 37.1 Å². The molecule has 1 atom stereocenters. The lowest BCUT2D eigenvalue weighted by atomic mass is 9.94. The van der Waals surface area contributed by atoms with Crippen LogP contribution in [-0.4, -0.2) is 40.1 Å². The Kier molecular flexibility index (Phi) is 7.90. The first-order chi connectivity index (χ1) is 16.5. The predicted octanol–water partition coefficient (Wildman–Crippen LogP) is 6.32. The molecule has 0 fully saturated rings. The minimum absolute atomic E-state index is 0.225. The van der Waals surface area contributed by atoms with E-state index in [0.29, 0.717) is 16.8 Å². The minimum Gasteiger partial charge on any atom is -0.497 e. The van der Waals surface area contributed by atoms with E-state index in [-0.39, 0.29) is 6.04 Å². The van der Waals surface area contributed by atoms with Crippen molar-refractivity contribution in [2.24, 2.45) is 0 Å². The van der Waals surface area contributed by atoms with Gasteiger partial charge in [-0.15, -0.1) is 11.8 Å². The fraction of sp³-hybridized carbons (Fsp3) is 0.346. The second-order valence-corrected chi connectivity index (χ2v) is 9.43. The maximum Gasteiger partial charge on any atom is 0.258 e. The smallest absolute Gasteiger partial charge is 0.258 e. The minimum atomic E-state index is -0.225. The molecule has 2 aromatic carbocycles. The number of benzene rings is 2. The van der Waals surface area contributed by atoms with Crippen LogP contribution in [0.4, 0.5) is 0 Å². The average Bonchev–Trinajstić information content (AvgIpc) is 3.35. The molecule has 0 spiro atoms. The molecular formula is C26H30N4O2S2. The third-order valence-corrected chi connectivity index (χ3v) is 7.10. The second kappa shape index (κ2) is 11.1. The highest BCUT2D eigenvalue weighted by Gasteiger charge is 2.34. The molecule has 2 heterocycles. The van der Waals surface area contributed by atoms with Gasteiger partial charge in [0.05, 0.1) is 18.7 Å². The lowest BCUT2D eigenvalue weighted by molar-refractivity contribution is 0.394. The van der Waals surface area contributed by atoms with Crippen molar-refractivity contribution in [3.8, 4) is 17.1 Å². The van der Waals surface area contributed by atoms with Crippen LogP contribution in [0, 0.1) is 0 Å². The third kappa shape index (κ3) is 5.13. The topological polar surface area (TPSA) is 63.4 Å². The summed E-state index contributed by atoms with van der Waals surface area (Å²) in [4.78, 5) is 8.14. The first-order valence-electron chi connectivity index (χ1n) is 11.5. The number of methoxy groups -OCH3 is 1. The Hall–Kier alpha value is -2.84. The zero-order valence-corrected chi connectivity index (χ0v) is 21.6. The maximum absolute atomic E-state index is 5.84. The van der Waals surface area contributed by atoms with Gasteiger partial charge in [-0.3, -0.25) is 0 Å². The van der Waals surface area contributed by atoms with Crippen molar-refractivity contribution in [2.75, 3.05) is 19.9 Å². The molecule has 6 nitrogen and oxygen atoms in total. The molecule has 0 amide bonds. The third-order valence-electron chi connectivity index (χ3n) is 6.01. The number of thioether (sulfide) groups is 1. The number of nitrogens with one attached hydrogen (secondary N) is 1. The van der Waals surface area contributed by atoms with Crippen LogP contribution in [0.1, 0.15) is 50.6 Å². The Morgan fingerprint density at radius 1 is 1.18 bits per heavy atom. The monoisotopic (exact) mass is 494 g/mol. The molecule has 0 saturated carbocycles. The first kappa shape index (κ1) is 24.3. The van der Waals surface area contributed by atoms with Gasteiger partial charge in [-0.05, 0) is 73.8 Å². The highest BCUT2D eigenvalue weighted by Crippen LogP contribution is 2.38. The summed E-state index contributed by atoms with van der Waals surface area (Å²) in [5, 5.41) is 8.53. The van der Waals surface area contributed by atoms with Gasteiger partial charge < -0.3 is 19.5 Å². The van der Waals surface area contributed by atoms with Crippen LogP contribution in [0.2, 0.25) is 0 Å². The van der Waals surface area contributed by atoms with E-state index < -0.39 is 0 Å². The van der Waals surface area contributed by atoms with E-state index in [1.807, 2.05) is 30.3 Å². The Labute approximate surface area is 210 Å². The fourth-order valence-corrected chi connectivity index (χ4v) is 4.86. The molecule has 8 heteroatoms. The van der Waals surface area contributed by atoms with Gasteiger partial charge in [0, 0.05) is 22.7 Å². The Morgan fingerprint density at radius 2 is 1.97 bits per heavy atom. The van der Waals surface area contributed by atoms with E-state index in [4.69, 9.17) is 26.5 Å². The van der Waals surface area contributed by atoms with E-state index in [1.165, 1.54) is 4.90 Å². The summed E-state index contributed by atoms with van der Waals surface area (Å²) >= 11 is 7.48. The molecule has 3 aromatic rings. The number of thiocarbonyl (C=S) groups is 1. The van der Waals surface area contributed by atoms with Crippen molar-refractivity contribution in [1.29, 1.82) is 0 Å². The quantitative estimate of drug-likeness (QED) is 0.211. The lowest BCUT2D eigenvalue weighted by Gasteiger charge is -2.37. The van der Waals surface area contributed by atoms with E-state index in [9.17, 15) is 0 Å². The summed E-state index contributed by atoms with van der Waals surface area (Å²) in [6.45, 7) is 5.13. The van der Waals surface area contributed by atoms with E-state index in [0.717, 1.165) is 54.0 Å². The fourth-order valence-electron chi connectivity index (χ4n) is 4.11. The van der Waals surface area contributed by atoms with E-state index in [2.05, 4.69) is 53.7 Å². The summed E-state index contributed by atoms with van der Waals surface area (Å²) in [6.07, 6.45) is 5.42. The summed E-state index contributed by atoms with van der Waals surface area (Å²) < 4.78 is 11.3. The van der Waals surface area contributed by atoms with Crippen LogP contribution in [0.3, 0.4) is 0 Å². The maximum atomic E-state index is 5.84. The number of aromatic nitrogens is 2. The molecule has 1 N–H and O–H groups in total. The number of hydrogen-bond acceptors (Lipinski definition) is 6. The van der Waals surface area contributed by atoms with Crippen LogP contribution in [0.5, 0.6) is 5.75 Å². The van der Waals surface area contributed by atoms with Crippen molar-refractivity contribution in [3.05, 3.63) is 65.7 Å². The van der Waals surface area contributed by atoms with Gasteiger partial charge in [-0.25, -0.2) is 0 Å². The highest BCUT2D eigenvalue weighted by atomic mass is 32.2. The van der Waals surface area contributed by atoms with Gasteiger partial charge in [-0.2, -0.15) is 4.98 Å². The lowest BCUT2D eigenvalue weighted by Crippen LogP contribution is -2.46. The molecule has 0 radical (unpaired) electrons. The normalized spacial score (nSPS) is 16.1. The van der Waals surface area contributed by atoms with Crippen molar-refractivity contribution < 1.29 is 9.26 Å². The number of ether oxygens (including phenoxy) is 1. The highest BCUT2D eigenvalue weighted by molar-refractivity contribution is 7.98. The molecule has 4 rings (SSSR count). The second-order valence-electron chi connectivity index (χ2n) is 8.17.